The van der Waals surface area contributed by atoms with Crippen molar-refractivity contribution in [3.63, 3.8) is 0 Å². The van der Waals surface area contributed by atoms with Gasteiger partial charge in [-0.05, 0) is 90.8 Å². The first-order chi connectivity index (χ1) is 25.2. The van der Waals surface area contributed by atoms with Gasteiger partial charge in [0.25, 0.3) is 11.8 Å². The Bertz CT molecular complexity index is 1640. The van der Waals surface area contributed by atoms with Crippen LogP contribution in [0.2, 0.25) is 0 Å². The minimum absolute atomic E-state index is 0.254. The van der Waals surface area contributed by atoms with Crippen molar-refractivity contribution in [2.75, 3.05) is 52.7 Å². The molecule has 0 aliphatic carbocycles. The molecule has 2 aliphatic heterocycles. The van der Waals surface area contributed by atoms with Crippen LogP contribution in [0.15, 0.2) is 46.2 Å². The molecule has 2 aromatic rings. The highest BCUT2D eigenvalue weighted by Gasteiger charge is 2.58. The summed E-state index contributed by atoms with van der Waals surface area (Å²) in [5, 5.41) is 20.3. The molecule has 2 aromatic carbocycles. The van der Waals surface area contributed by atoms with E-state index in [1.807, 2.05) is 0 Å². The van der Waals surface area contributed by atoms with E-state index in [-0.39, 0.29) is 63.9 Å². The number of sulfone groups is 1. The summed E-state index contributed by atoms with van der Waals surface area (Å²) in [6, 6.07) is 6.13. The van der Waals surface area contributed by atoms with Crippen LogP contribution in [0.5, 0.6) is 0 Å². The highest BCUT2D eigenvalue weighted by atomic mass is 32.2. The average molecular weight is 797 g/mol. The van der Waals surface area contributed by atoms with Crippen LogP contribution in [0.1, 0.15) is 95.8 Å². The van der Waals surface area contributed by atoms with Crippen molar-refractivity contribution < 1.29 is 64.4 Å². The number of carboxylic acid groups (broad SMARTS) is 2. The second kappa shape index (κ2) is 17.7. The Morgan fingerprint density at radius 2 is 0.887 bits per heavy atom. The van der Waals surface area contributed by atoms with E-state index in [2.05, 4.69) is 0 Å². The van der Waals surface area contributed by atoms with Crippen molar-refractivity contribution >= 4 is 51.2 Å². The molecule has 2 heterocycles. The summed E-state index contributed by atoms with van der Waals surface area (Å²) < 4.78 is 63.6. The normalized spacial score (nSPS) is 17.6. The van der Waals surface area contributed by atoms with E-state index in [1.54, 1.807) is 41.5 Å². The fraction of sp³-hybridized carbons (Fsp3) is 0.529. The number of carboxylic acids is 2. The van der Waals surface area contributed by atoms with Gasteiger partial charge in [-0.25, -0.2) is 18.0 Å². The summed E-state index contributed by atoms with van der Waals surface area (Å²) in [5.74, 6) is -4.42. The number of carbonyl (C=O) groups excluding carboxylic acids is 2. The Morgan fingerprint density at radius 1 is 0.585 bits per heavy atom. The molecule has 0 saturated carbocycles. The van der Waals surface area contributed by atoms with Gasteiger partial charge in [0.1, 0.15) is 11.3 Å². The van der Waals surface area contributed by atoms with Crippen LogP contribution in [0, 0.1) is 0 Å². The Labute approximate surface area is 311 Å². The second-order valence-corrected chi connectivity index (χ2v) is 19.4. The monoisotopic (exact) mass is 796 g/mol. The summed E-state index contributed by atoms with van der Waals surface area (Å²) in [6.45, 7) is 12.8. The zero-order valence-electron chi connectivity index (χ0n) is 30.8. The molecule has 2 atom stereocenters. The molecule has 2 fully saturated rings. The summed E-state index contributed by atoms with van der Waals surface area (Å²) in [7, 11) is -11.3. The lowest BCUT2D eigenvalue weighted by molar-refractivity contribution is 0.00614. The summed E-state index contributed by atoms with van der Waals surface area (Å²) in [4.78, 5) is 54.4. The minimum Gasteiger partial charge on any atom is -0.478 e. The topological polar surface area (TPSA) is 205 Å². The lowest BCUT2D eigenvalue weighted by Gasteiger charge is -2.48. The summed E-state index contributed by atoms with van der Waals surface area (Å²) in [5.41, 5.74) is -2.79. The maximum Gasteiger partial charge on any atom is 0.524 e. The number of benzene rings is 2. The quantitative estimate of drug-likeness (QED) is 0.184. The van der Waals surface area contributed by atoms with Crippen LogP contribution >= 0.6 is 0 Å². The maximum absolute atomic E-state index is 13.9. The van der Waals surface area contributed by atoms with Crippen molar-refractivity contribution in [2.24, 2.45) is 0 Å². The van der Waals surface area contributed by atoms with E-state index in [4.69, 9.17) is 26.6 Å². The fourth-order valence-corrected chi connectivity index (χ4v) is 14.2. The van der Waals surface area contributed by atoms with Crippen molar-refractivity contribution in [3.05, 3.63) is 58.7 Å². The number of likely N-dealkylation sites (tertiary alicyclic amines) is 2. The number of hydrogen-bond acceptors (Lipinski definition) is 12. The van der Waals surface area contributed by atoms with Crippen molar-refractivity contribution in [1.29, 1.82) is 0 Å². The van der Waals surface area contributed by atoms with Crippen LogP contribution in [0.3, 0.4) is 0 Å². The third-order valence-electron chi connectivity index (χ3n) is 8.97. The number of carbonyl (C=O) groups is 4. The molecule has 2 saturated heterocycles. The van der Waals surface area contributed by atoms with Gasteiger partial charge in [-0.3, -0.25) is 9.59 Å². The van der Waals surface area contributed by atoms with Gasteiger partial charge >= 0.3 is 29.5 Å². The molecule has 16 nitrogen and oxygen atoms in total. The second-order valence-electron chi connectivity index (χ2n) is 11.9. The van der Waals surface area contributed by atoms with E-state index >= 15 is 0 Å². The first kappa shape index (κ1) is 42.2. The van der Waals surface area contributed by atoms with Gasteiger partial charge in [0.15, 0.2) is 0 Å². The molecule has 2 aliphatic rings. The Kier molecular flexibility index (Phi) is 14.1. The summed E-state index contributed by atoms with van der Waals surface area (Å²) >= 11 is 0. The Morgan fingerprint density at radius 3 is 1.11 bits per heavy atom. The molecule has 53 heavy (non-hydrogen) atoms. The van der Waals surface area contributed by atoms with Crippen LogP contribution in [-0.4, -0.2) is 134 Å². The molecular formula is C34H48N2O14SSi2. The van der Waals surface area contributed by atoms with Gasteiger partial charge in [0.2, 0.25) is 9.84 Å². The first-order valence-electron chi connectivity index (χ1n) is 17.7. The average Bonchev–Trinajstić information content (AvgIpc) is 3.07. The minimum atomic E-state index is -4.55. The van der Waals surface area contributed by atoms with E-state index in [0.29, 0.717) is 12.8 Å². The van der Waals surface area contributed by atoms with Gasteiger partial charge < -0.3 is 46.6 Å². The van der Waals surface area contributed by atoms with Gasteiger partial charge in [-0.1, -0.05) is 0 Å². The van der Waals surface area contributed by atoms with Crippen molar-refractivity contribution in [1.82, 2.24) is 9.80 Å². The standard InChI is InChI=1S/C34H48N2O14SSi2/c1-7-45-52(46-8-2,47-9-3)29-17-19-35(29)31(37)25-15-13-23(21-27(25)33(39)40)51(43,44)24-14-16-26(28(22-24)34(41)42)32(38)36-20-18-30(36)53(48-10-4,49-11-5)50-12-6/h13-16,21-22,29-30H,7-12,17-20H2,1-6H3,(H,39,40)(H,41,42). The van der Waals surface area contributed by atoms with Crippen molar-refractivity contribution in [2.45, 2.75) is 75.5 Å². The van der Waals surface area contributed by atoms with Crippen molar-refractivity contribution in [3.8, 4) is 0 Å². The number of aromatic carboxylic acids is 2. The van der Waals surface area contributed by atoms with Gasteiger partial charge in [0, 0.05) is 52.7 Å². The molecule has 0 radical (unpaired) electrons. The predicted molar refractivity (Wildman–Crippen MR) is 192 cm³/mol. The number of hydrogen-bond donors (Lipinski definition) is 2. The van der Waals surface area contributed by atoms with E-state index in [0.717, 1.165) is 36.4 Å². The Balaban J connectivity index is 1.67. The molecule has 2 amide bonds. The molecule has 2 N–H and O–H groups in total. The first-order valence-corrected chi connectivity index (χ1v) is 22.8. The van der Waals surface area contributed by atoms with Gasteiger partial charge in [0.05, 0.1) is 32.0 Å². The molecule has 2 unspecified atom stereocenters. The lowest BCUT2D eigenvalue weighted by atomic mass is 10.0. The molecule has 0 bridgehead atoms. The van der Waals surface area contributed by atoms with E-state index in [1.165, 1.54) is 9.80 Å². The van der Waals surface area contributed by atoms with Crippen LogP contribution < -0.4 is 0 Å². The smallest absolute Gasteiger partial charge is 0.478 e. The zero-order chi connectivity index (χ0) is 39.1. The summed E-state index contributed by atoms with van der Waals surface area (Å²) in [6.07, 6.45) is 1.01. The number of rotatable bonds is 20. The Hall–Kier alpha value is -3.54. The molecule has 4 rings (SSSR count). The molecule has 292 valence electrons. The fourth-order valence-electron chi connectivity index (χ4n) is 6.58. The number of amides is 2. The molecule has 19 heteroatoms. The SMILES string of the molecule is CCO[Si](OCC)(OCC)C1CCN1C(=O)c1ccc(S(=O)(=O)c2ccc(C(=O)N3CCC3[Si](OCC)(OCC)OCC)c(C(=O)O)c2)cc1C(=O)O. The van der Waals surface area contributed by atoms with Crippen LogP contribution in [0.4, 0.5) is 0 Å². The third kappa shape index (κ3) is 8.27. The molecule has 0 spiro atoms. The van der Waals surface area contributed by atoms with Crippen LogP contribution in [-0.2, 0) is 36.4 Å². The highest BCUT2D eigenvalue weighted by Crippen LogP contribution is 2.35. The highest BCUT2D eigenvalue weighted by molar-refractivity contribution is 7.91. The predicted octanol–water partition coefficient (Wildman–Crippen LogP) is 3.52. The lowest BCUT2D eigenvalue weighted by Crippen LogP contribution is -2.69. The van der Waals surface area contributed by atoms with Crippen LogP contribution in [0.25, 0.3) is 0 Å². The van der Waals surface area contributed by atoms with Gasteiger partial charge in [-0.15, -0.1) is 0 Å². The van der Waals surface area contributed by atoms with E-state index in [9.17, 15) is 37.8 Å². The zero-order valence-corrected chi connectivity index (χ0v) is 33.6. The largest absolute Gasteiger partial charge is 0.524 e. The third-order valence-corrected chi connectivity index (χ3v) is 17.7. The number of nitrogens with zero attached hydrogens (tertiary/aromatic N) is 2. The maximum atomic E-state index is 13.9. The molecular weight excluding hydrogens is 749 g/mol. The molecule has 0 aromatic heterocycles. The van der Waals surface area contributed by atoms with Gasteiger partial charge in [-0.2, -0.15) is 0 Å². The van der Waals surface area contributed by atoms with E-state index < -0.39 is 83.4 Å².